The molecular formula is C13H27N. The molecule has 1 aliphatic heterocycles. The molecule has 84 valence electrons. The van der Waals surface area contributed by atoms with Gasteiger partial charge in [-0.1, -0.05) is 40.0 Å². The number of hydrogen-bond acceptors (Lipinski definition) is 1. The van der Waals surface area contributed by atoms with Gasteiger partial charge in [0.25, 0.3) is 0 Å². The molecule has 14 heavy (non-hydrogen) atoms. The molecule has 1 rings (SSSR count). The maximum atomic E-state index is 2.75. The van der Waals surface area contributed by atoms with E-state index in [1.54, 1.807) is 0 Å². The van der Waals surface area contributed by atoms with Crippen molar-refractivity contribution < 1.29 is 0 Å². The Balaban J connectivity index is 2.60. The van der Waals surface area contributed by atoms with Crippen molar-refractivity contribution in [3.63, 3.8) is 0 Å². The molecule has 0 spiro atoms. The minimum atomic E-state index is 0.580. The summed E-state index contributed by atoms with van der Waals surface area (Å²) in [6.07, 6.45) is 9.69. The second-order valence-corrected chi connectivity index (χ2v) is 4.81. The normalized spacial score (nSPS) is 18.2. The van der Waals surface area contributed by atoms with E-state index < -0.39 is 0 Å². The van der Waals surface area contributed by atoms with Crippen molar-refractivity contribution in [2.24, 2.45) is 0 Å². The molecule has 0 unspecified atom stereocenters. The van der Waals surface area contributed by atoms with Gasteiger partial charge < -0.3 is 0 Å². The molecule has 1 heterocycles. The number of hydrogen-bond donors (Lipinski definition) is 0. The second kappa shape index (κ2) is 5.75. The third-order valence-corrected chi connectivity index (χ3v) is 3.67. The first-order valence-corrected chi connectivity index (χ1v) is 6.54. The fourth-order valence-electron chi connectivity index (χ4n) is 3.04. The Morgan fingerprint density at radius 2 is 1.29 bits per heavy atom. The van der Waals surface area contributed by atoms with E-state index in [0.717, 1.165) is 0 Å². The van der Waals surface area contributed by atoms with Gasteiger partial charge in [-0.3, -0.25) is 4.90 Å². The van der Waals surface area contributed by atoms with Crippen molar-refractivity contribution in [2.45, 2.75) is 71.3 Å². The first-order chi connectivity index (χ1) is 6.79. The molecular weight excluding hydrogens is 170 g/mol. The van der Waals surface area contributed by atoms with Gasteiger partial charge in [0.2, 0.25) is 0 Å². The van der Waals surface area contributed by atoms with E-state index >= 15 is 0 Å². The van der Waals surface area contributed by atoms with Gasteiger partial charge in [0.05, 0.1) is 0 Å². The molecule has 0 aliphatic carbocycles. The van der Waals surface area contributed by atoms with Crippen LogP contribution in [0.1, 0.15) is 65.7 Å². The minimum absolute atomic E-state index is 0.580. The van der Waals surface area contributed by atoms with Crippen LogP contribution in [0.4, 0.5) is 0 Å². The molecule has 1 aliphatic rings. The highest BCUT2D eigenvalue weighted by Gasteiger charge is 2.36. The maximum absolute atomic E-state index is 2.75. The van der Waals surface area contributed by atoms with E-state index in [1.165, 1.54) is 58.0 Å². The summed E-state index contributed by atoms with van der Waals surface area (Å²) < 4.78 is 0. The first kappa shape index (κ1) is 12.0. The number of nitrogens with zero attached hydrogens (tertiary/aromatic N) is 1. The zero-order valence-corrected chi connectivity index (χ0v) is 10.3. The Kier molecular flexibility index (Phi) is 4.94. The van der Waals surface area contributed by atoms with Crippen LogP contribution in [0.25, 0.3) is 0 Å². The minimum Gasteiger partial charge on any atom is -0.298 e. The van der Waals surface area contributed by atoms with Crippen molar-refractivity contribution in [2.75, 3.05) is 13.1 Å². The third kappa shape index (κ3) is 2.50. The lowest BCUT2D eigenvalue weighted by atomic mass is 9.81. The van der Waals surface area contributed by atoms with Crippen molar-refractivity contribution >= 4 is 0 Å². The van der Waals surface area contributed by atoms with Crippen LogP contribution in [-0.4, -0.2) is 23.5 Å². The lowest BCUT2D eigenvalue weighted by molar-refractivity contribution is 0.00700. The van der Waals surface area contributed by atoms with Crippen LogP contribution in [0.3, 0.4) is 0 Å². The summed E-state index contributed by atoms with van der Waals surface area (Å²) in [5.41, 5.74) is 0.580. The summed E-state index contributed by atoms with van der Waals surface area (Å²) in [4.78, 5) is 2.75. The summed E-state index contributed by atoms with van der Waals surface area (Å²) in [7, 11) is 0. The predicted octanol–water partition coefficient (Wildman–Crippen LogP) is 3.83. The quantitative estimate of drug-likeness (QED) is 0.599. The Bertz CT molecular complexity index is 132. The fraction of sp³-hybridized carbons (Fsp3) is 1.00. The van der Waals surface area contributed by atoms with Crippen LogP contribution >= 0.6 is 0 Å². The monoisotopic (exact) mass is 197 g/mol. The molecule has 1 heteroatoms. The predicted molar refractivity (Wildman–Crippen MR) is 63.6 cm³/mol. The molecule has 0 N–H and O–H groups in total. The lowest BCUT2D eigenvalue weighted by Gasteiger charge is -2.49. The molecule has 0 atom stereocenters. The van der Waals surface area contributed by atoms with Crippen LogP contribution in [0, 0.1) is 0 Å². The Morgan fingerprint density at radius 3 is 1.50 bits per heavy atom. The van der Waals surface area contributed by atoms with E-state index in [1.807, 2.05) is 0 Å². The number of rotatable bonds is 7. The Labute approximate surface area is 89.9 Å². The van der Waals surface area contributed by atoms with Crippen molar-refractivity contribution in [3.8, 4) is 0 Å². The SMILES string of the molecule is CCCC(CCC)(CCC)N1CCC1. The number of likely N-dealkylation sites (tertiary alicyclic amines) is 1. The molecule has 0 amide bonds. The zero-order valence-electron chi connectivity index (χ0n) is 10.3. The second-order valence-electron chi connectivity index (χ2n) is 4.81. The van der Waals surface area contributed by atoms with Crippen LogP contribution in [-0.2, 0) is 0 Å². The molecule has 0 bridgehead atoms. The summed E-state index contributed by atoms with van der Waals surface area (Å²) in [5.74, 6) is 0. The van der Waals surface area contributed by atoms with Crippen molar-refractivity contribution in [1.82, 2.24) is 4.90 Å². The van der Waals surface area contributed by atoms with Gasteiger partial charge >= 0.3 is 0 Å². The van der Waals surface area contributed by atoms with Crippen LogP contribution < -0.4 is 0 Å². The van der Waals surface area contributed by atoms with Gasteiger partial charge in [-0.25, -0.2) is 0 Å². The zero-order chi connectivity index (χ0) is 10.4. The van der Waals surface area contributed by atoms with E-state index in [2.05, 4.69) is 25.7 Å². The Hall–Kier alpha value is -0.0400. The van der Waals surface area contributed by atoms with E-state index in [4.69, 9.17) is 0 Å². The molecule has 0 radical (unpaired) electrons. The summed E-state index contributed by atoms with van der Waals surface area (Å²) >= 11 is 0. The van der Waals surface area contributed by atoms with Gasteiger partial charge in [-0.2, -0.15) is 0 Å². The fourth-order valence-corrected chi connectivity index (χ4v) is 3.04. The molecule has 1 nitrogen and oxygen atoms in total. The average Bonchev–Trinajstić information content (AvgIpc) is 2.02. The molecule has 1 fully saturated rings. The van der Waals surface area contributed by atoms with Crippen LogP contribution in [0.5, 0.6) is 0 Å². The largest absolute Gasteiger partial charge is 0.298 e. The molecule has 0 aromatic rings. The summed E-state index contributed by atoms with van der Waals surface area (Å²) in [6.45, 7) is 9.72. The smallest absolute Gasteiger partial charge is 0.0209 e. The summed E-state index contributed by atoms with van der Waals surface area (Å²) in [5, 5.41) is 0. The van der Waals surface area contributed by atoms with Crippen LogP contribution in [0.2, 0.25) is 0 Å². The maximum Gasteiger partial charge on any atom is 0.0209 e. The molecule has 0 aromatic carbocycles. The van der Waals surface area contributed by atoms with Crippen LogP contribution in [0.15, 0.2) is 0 Å². The standard InChI is InChI=1S/C13H27N/c1-4-8-13(9-5-2,10-6-3)14-11-7-12-14/h4-12H2,1-3H3. The van der Waals surface area contributed by atoms with Gasteiger partial charge in [0, 0.05) is 5.54 Å². The molecule has 0 aromatic heterocycles. The highest BCUT2D eigenvalue weighted by molar-refractivity contribution is 4.93. The van der Waals surface area contributed by atoms with Gasteiger partial charge in [-0.15, -0.1) is 0 Å². The van der Waals surface area contributed by atoms with Crippen molar-refractivity contribution in [1.29, 1.82) is 0 Å². The summed E-state index contributed by atoms with van der Waals surface area (Å²) in [6, 6.07) is 0. The van der Waals surface area contributed by atoms with Gasteiger partial charge in [0.1, 0.15) is 0 Å². The van der Waals surface area contributed by atoms with Gasteiger partial charge in [-0.05, 0) is 38.8 Å². The van der Waals surface area contributed by atoms with E-state index in [0.29, 0.717) is 5.54 Å². The highest BCUT2D eigenvalue weighted by Crippen LogP contribution is 2.35. The average molecular weight is 197 g/mol. The Morgan fingerprint density at radius 1 is 0.857 bits per heavy atom. The van der Waals surface area contributed by atoms with E-state index in [-0.39, 0.29) is 0 Å². The highest BCUT2D eigenvalue weighted by atomic mass is 15.2. The molecule has 0 saturated carbocycles. The third-order valence-electron chi connectivity index (χ3n) is 3.67. The topological polar surface area (TPSA) is 3.24 Å². The first-order valence-electron chi connectivity index (χ1n) is 6.54. The van der Waals surface area contributed by atoms with Crippen molar-refractivity contribution in [3.05, 3.63) is 0 Å². The molecule has 1 saturated heterocycles. The lowest BCUT2D eigenvalue weighted by Crippen LogP contribution is -2.55. The van der Waals surface area contributed by atoms with Gasteiger partial charge in [0.15, 0.2) is 0 Å². The van der Waals surface area contributed by atoms with E-state index in [9.17, 15) is 0 Å².